The Labute approximate surface area is 150 Å². The van der Waals surface area contributed by atoms with Crippen molar-refractivity contribution in [3.8, 4) is 11.3 Å². The predicted molar refractivity (Wildman–Crippen MR) is 93.8 cm³/mol. The predicted octanol–water partition coefficient (Wildman–Crippen LogP) is 2.55. The van der Waals surface area contributed by atoms with Crippen LogP contribution in [0.5, 0.6) is 0 Å². The third-order valence-electron chi connectivity index (χ3n) is 4.21. The zero-order chi connectivity index (χ0) is 18.2. The molecular weight excluding hydrogens is 368 g/mol. The summed E-state index contributed by atoms with van der Waals surface area (Å²) in [6.07, 6.45) is 1.22. The van der Waals surface area contributed by atoms with Gasteiger partial charge in [0.05, 0.1) is 24.1 Å². The van der Waals surface area contributed by atoms with E-state index in [1.54, 1.807) is 5.38 Å². The van der Waals surface area contributed by atoms with Crippen LogP contribution in [0.3, 0.4) is 0 Å². The van der Waals surface area contributed by atoms with Crippen LogP contribution in [-0.2, 0) is 16.6 Å². The zero-order valence-electron chi connectivity index (χ0n) is 13.9. The van der Waals surface area contributed by atoms with E-state index in [0.717, 1.165) is 5.01 Å². The molecular formula is C16H19F2N3O2S2. The maximum absolute atomic E-state index is 13.9. The summed E-state index contributed by atoms with van der Waals surface area (Å²) >= 11 is 1.35. The monoisotopic (exact) mass is 387 g/mol. The lowest BCUT2D eigenvalue weighted by Gasteiger charge is -2.37. The van der Waals surface area contributed by atoms with Gasteiger partial charge in [-0.3, -0.25) is 4.90 Å². The molecule has 1 aliphatic rings. The van der Waals surface area contributed by atoms with Crippen LogP contribution in [-0.4, -0.2) is 54.5 Å². The van der Waals surface area contributed by atoms with Gasteiger partial charge in [-0.05, 0) is 19.1 Å². The highest BCUT2D eigenvalue weighted by Gasteiger charge is 2.30. The van der Waals surface area contributed by atoms with Crippen LogP contribution >= 0.6 is 11.3 Å². The third kappa shape index (κ3) is 4.05. The lowest BCUT2D eigenvalue weighted by Crippen LogP contribution is -2.53. The fourth-order valence-electron chi connectivity index (χ4n) is 3.08. The molecule has 1 aromatic heterocycles. The van der Waals surface area contributed by atoms with Crippen LogP contribution in [0.15, 0.2) is 23.6 Å². The molecule has 1 fully saturated rings. The summed E-state index contributed by atoms with van der Waals surface area (Å²) in [6.45, 7) is 4.02. The Bertz CT molecular complexity index is 850. The first-order valence-electron chi connectivity index (χ1n) is 7.83. The maximum Gasteiger partial charge on any atom is 0.211 e. The molecule has 2 heterocycles. The summed E-state index contributed by atoms with van der Waals surface area (Å²) < 4.78 is 52.6. The van der Waals surface area contributed by atoms with E-state index in [-0.39, 0.29) is 11.6 Å². The van der Waals surface area contributed by atoms with Crippen molar-refractivity contribution < 1.29 is 17.2 Å². The fourth-order valence-corrected chi connectivity index (χ4v) is 5.04. The van der Waals surface area contributed by atoms with E-state index in [9.17, 15) is 17.2 Å². The second-order valence-corrected chi connectivity index (χ2v) is 9.06. The highest BCUT2D eigenvalue weighted by Crippen LogP contribution is 2.28. The normalized spacial score (nSPS) is 20.1. The highest BCUT2D eigenvalue weighted by molar-refractivity contribution is 7.88. The maximum atomic E-state index is 13.9. The summed E-state index contributed by atoms with van der Waals surface area (Å²) in [7, 11) is -3.20. The minimum Gasteiger partial charge on any atom is -0.294 e. The largest absolute Gasteiger partial charge is 0.294 e. The van der Waals surface area contributed by atoms with Crippen molar-refractivity contribution in [2.24, 2.45) is 0 Å². The smallest absolute Gasteiger partial charge is 0.211 e. The van der Waals surface area contributed by atoms with Crippen molar-refractivity contribution in [2.45, 2.75) is 19.5 Å². The summed E-state index contributed by atoms with van der Waals surface area (Å²) in [5, 5.41) is 2.39. The molecule has 0 saturated carbocycles. The molecule has 0 amide bonds. The Hall–Kier alpha value is -1.42. The van der Waals surface area contributed by atoms with Gasteiger partial charge in [0.1, 0.15) is 16.6 Å². The standard InChI is InChI=1S/C16H19F2N3O2S2/c1-11-8-20(6-7-21(11)25(2,22)23)9-15-19-14(10-24-15)16-12(17)4-3-5-13(16)18/h3-5,10-11H,6-9H2,1-2H3/t11-/m0/s1. The first-order valence-corrected chi connectivity index (χ1v) is 10.6. The molecule has 0 N–H and O–H groups in total. The SMILES string of the molecule is C[C@H]1CN(Cc2nc(-c3c(F)cccc3F)cs2)CCN1S(C)(=O)=O. The fraction of sp³-hybridized carbons (Fsp3) is 0.438. The highest BCUT2D eigenvalue weighted by atomic mass is 32.2. The minimum absolute atomic E-state index is 0.111. The van der Waals surface area contributed by atoms with Crippen LogP contribution in [0, 0.1) is 11.6 Å². The van der Waals surface area contributed by atoms with Crippen LogP contribution in [0.2, 0.25) is 0 Å². The number of rotatable bonds is 4. The molecule has 25 heavy (non-hydrogen) atoms. The van der Waals surface area contributed by atoms with Gasteiger partial charge in [-0.15, -0.1) is 11.3 Å². The Morgan fingerprint density at radius 2 is 1.96 bits per heavy atom. The van der Waals surface area contributed by atoms with Gasteiger partial charge in [-0.2, -0.15) is 4.31 Å². The van der Waals surface area contributed by atoms with E-state index in [1.807, 2.05) is 6.92 Å². The lowest BCUT2D eigenvalue weighted by atomic mass is 10.1. The van der Waals surface area contributed by atoms with Crippen molar-refractivity contribution in [3.05, 3.63) is 40.2 Å². The van der Waals surface area contributed by atoms with Crippen LogP contribution in [0.4, 0.5) is 8.78 Å². The van der Waals surface area contributed by atoms with Gasteiger partial charge < -0.3 is 0 Å². The van der Waals surface area contributed by atoms with E-state index in [2.05, 4.69) is 9.88 Å². The van der Waals surface area contributed by atoms with Gasteiger partial charge in [0, 0.05) is 31.1 Å². The quantitative estimate of drug-likeness (QED) is 0.809. The molecule has 9 heteroatoms. The third-order valence-corrected chi connectivity index (χ3v) is 6.43. The van der Waals surface area contributed by atoms with E-state index in [1.165, 1.54) is 40.1 Å². The first kappa shape index (κ1) is 18.4. The van der Waals surface area contributed by atoms with Crippen molar-refractivity contribution in [3.63, 3.8) is 0 Å². The lowest BCUT2D eigenvalue weighted by molar-refractivity contribution is 0.138. The summed E-state index contributed by atoms with van der Waals surface area (Å²) in [4.78, 5) is 6.46. The van der Waals surface area contributed by atoms with Crippen molar-refractivity contribution >= 4 is 21.4 Å². The first-order chi connectivity index (χ1) is 11.8. The number of hydrogen-bond donors (Lipinski definition) is 0. The van der Waals surface area contributed by atoms with E-state index in [4.69, 9.17) is 0 Å². The summed E-state index contributed by atoms with van der Waals surface area (Å²) in [6, 6.07) is 3.63. The van der Waals surface area contributed by atoms with Gasteiger partial charge >= 0.3 is 0 Å². The van der Waals surface area contributed by atoms with Gasteiger partial charge in [0.15, 0.2) is 0 Å². The number of benzene rings is 1. The number of sulfonamides is 1. The topological polar surface area (TPSA) is 53.5 Å². The molecule has 0 unspecified atom stereocenters. The number of hydrogen-bond acceptors (Lipinski definition) is 5. The van der Waals surface area contributed by atoms with Gasteiger partial charge in [-0.25, -0.2) is 22.2 Å². The molecule has 1 atom stereocenters. The molecule has 1 saturated heterocycles. The average molecular weight is 387 g/mol. The van der Waals surface area contributed by atoms with E-state index < -0.39 is 21.7 Å². The summed E-state index contributed by atoms with van der Waals surface area (Å²) in [5.41, 5.74) is 0.179. The number of halogens is 2. The summed E-state index contributed by atoms with van der Waals surface area (Å²) in [5.74, 6) is -1.26. The molecule has 3 rings (SSSR count). The Morgan fingerprint density at radius 1 is 1.28 bits per heavy atom. The molecule has 5 nitrogen and oxygen atoms in total. The molecule has 1 aromatic carbocycles. The number of aromatic nitrogens is 1. The molecule has 0 radical (unpaired) electrons. The van der Waals surface area contributed by atoms with Crippen molar-refractivity contribution in [2.75, 3.05) is 25.9 Å². The number of piperazine rings is 1. The van der Waals surface area contributed by atoms with E-state index in [0.29, 0.717) is 31.9 Å². The molecule has 0 spiro atoms. The van der Waals surface area contributed by atoms with Crippen molar-refractivity contribution in [1.82, 2.24) is 14.2 Å². The number of thiazole rings is 1. The molecule has 2 aromatic rings. The second-order valence-electron chi connectivity index (χ2n) is 6.18. The van der Waals surface area contributed by atoms with Gasteiger partial charge in [0.2, 0.25) is 10.0 Å². The minimum atomic E-state index is -3.20. The number of nitrogens with zero attached hydrogens (tertiary/aromatic N) is 3. The molecule has 0 aliphatic carbocycles. The molecule has 0 bridgehead atoms. The average Bonchev–Trinajstić information content (AvgIpc) is 2.94. The Balaban J connectivity index is 1.71. The van der Waals surface area contributed by atoms with Crippen molar-refractivity contribution in [1.29, 1.82) is 0 Å². The second kappa shape index (κ2) is 7.06. The van der Waals surface area contributed by atoms with Crippen LogP contribution in [0.1, 0.15) is 11.9 Å². The van der Waals surface area contributed by atoms with Gasteiger partial charge in [-0.1, -0.05) is 6.07 Å². The molecule has 1 aliphatic heterocycles. The van der Waals surface area contributed by atoms with Crippen LogP contribution in [0.25, 0.3) is 11.3 Å². The van der Waals surface area contributed by atoms with Gasteiger partial charge in [0.25, 0.3) is 0 Å². The molecule has 136 valence electrons. The Kier molecular flexibility index (Phi) is 5.19. The zero-order valence-corrected chi connectivity index (χ0v) is 15.6. The Morgan fingerprint density at radius 3 is 2.56 bits per heavy atom. The van der Waals surface area contributed by atoms with E-state index >= 15 is 0 Å². The van der Waals surface area contributed by atoms with Crippen LogP contribution < -0.4 is 0 Å².